The molecule has 4 aromatic rings. The van der Waals surface area contributed by atoms with Crippen molar-refractivity contribution in [3.63, 3.8) is 0 Å². The molecule has 0 saturated heterocycles. The van der Waals surface area contributed by atoms with Crippen LogP contribution in [0.5, 0.6) is 0 Å². The number of hydrogen-bond donors (Lipinski definition) is 1. The van der Waals surface area contributed by atoms with Gasteiger partial charge in [-0.15, -0.1) is 11.3 Å². The molecule has 3 heterocycles. The second-order valence-corrected chi connectivity index (χ2v) is 7.24. The highest BCUT2D eigenvalue weighted by Gasteiger charge is 2.14. The van der Waals surface area contributed by atoms with Crippen molar-refractivity contribution in [1.29, 1.82) is 0 Å². The lowest BCUT2D eigenvalue weighted by atomic mass is 10.1. The van der Waals surface area contributed by atoms with Crippen LogP contribution in [0.25, 0.3) is 22.3 Å². The van der Waals surface area contributed by atoms with Crippen molar-refractivity contribution in [3.8, 4) is 11.3 Å². The van der Waals surface area contributed by atoms with Crippen LogP contribution in [0.4, 0.5) is 5.13 Å². The van der Waals surface area contributed by atoms with Crippen molar-refractivity contribution in [2.75, 3.05) is 5.32 Å². The minimum Gasteiger partial charge on any atom is -0.456 e. The number of hydrogen-bond acceptors (Lipinski definition) is 6. The SMILES string of the molecule is Cc1cnc(NC(=O)Cc2cccc3c(=O)cc(-c4ccncc4)oc23)s1. The number of carbonyl (C=O) groups excluding carboxylic acids is 1. The molecular weight excluding hydrogens is 362 g/mol. The van der Waals surface area contributed by atoms with E-state index in [1.54, 1.807) is 48.9 Å². The molecule has 0 saturated carbocycles. The predicted octanol–water partition coefficient (Wildman–Crippen LogP) is 3.80. The summed E-state index contributed by atoms with van der Waals surface area (Å²) < 4.78 is 5.99. The Morgan fingerprint density at radius 3 is 2.78 bits per heavy atom. The van der Waals surface area contributed by atoms with Crippen LogP contribution in [0.2, 0.25) is 0 Å². The van der Waals surface area contributed by atoms with E-state index in [-0.39, 0.29) is 17.8 Å². The third-order valence-corrected chi connectivity index (χ3v) is 4.85. The second kappa shape index (κ2) is 7.13. The fourth-order valence-electron chi connectivity index (χ4n) is 2.78. The van der Waals surface area contributed by atoms with Gasteiger partial charge in [-0.2, -0.15) is 0 Å². The molecule has 7 heteroatoms. The number of aromatic nitrogens is 2. The first kappa shape index (κ1) is 17.1. The summed E-state index contributed by atoms with van der Waals surface area (Å²) in [4.78, 5) is 34.1. The van der Waals surface area contributed by atoms with E-state index in [1.807, 2.05) is 6.92 Å². The van der Waals surface area contributed by atoms with E-state index in [4.69, 9.17) is 4.42 Å². The van der Waals surface area contributed by atoms with Gasteiger partial charge >= 0.3 is 0 Å². The molecular formula is C20H15N3O3S. The third-order valence-electron chi connectivity index (χ3n) is 4.02. The van der Waals surface area contributed by atoms with Gasteiger partial charge in [0.2, 0.25) is 5.91 Å². The van der Waals surface area contributed by atoms with Crippen molar-refractivity contribution in [1.82, 2.24) is 9.97 Å². The highest BCUT2D eigenvalue weighted by atomic mass is 32.1. The topological polar surface area (TPSA) is 85.1 Å². The number of nitrogens with one attached hydrogen (secondary N) is 1. The van der Waals surface area contributed by atoms with Crippen LogP contribution in [0.1, 0.15) is 10.4 Å². The zero-order valence-corrected chi connectivity index (χ0v) is 15.2. The summed E-state index contributed by atoms with van der Waals surface area (Å²) in [6.07, 6.45) is 5.06. The molecule has 0 spiro atoms. The van der Waals surface area contributed by atoms with Gasteiger partial charge in [-0.3, -0.25) is 14.6 Å². The first-order chi connectivity index (χ1) is 13.1. The maximum absolute atomic E-state index is 12.5. The van der Waals surface area contributed by atoms with Gasteiger partial charge in [0.1, 0.15) is 11.3 Å². The van der Waals surface area contributed by atoms with Crippen LogP contribution in [0, 0.1) is 6.92 Å². The molecule has 134 valence electrons. The lowest BCUT2D eigenvalue weighted by Gasteiger charge is -2.08. The zero-order valence-electron chi connectivity index (χ0n) is 14.4. The largest absolute Gasteiger partial charge is 0.456 e. The van der Waals surface area contributed by atoms with Crippen molar-refractivity contribution in [2.45, 2.75) is 13.3 Å². The minimum atomic E-state index is -0.214. The summed E-state index contributed by atoms with van der Waals surface area (Å²) in [5.74, 6) is 0.229. The molecule has 0 bridgehead atoms. The Labute approximate surface area is 158 Å². The monoisotopic (exact) mass is 377 g/mol. The molecule has 0 unspecified atom stereocenters. The maximum atomic E-state index is 12.5. The number of pyridine rings is 1. The Morgan fingerprint density at radius 1 is 1.22 bits per heavy atom. The molecule has 27 heavy (non-hydrogen) atoms. The van der Waals surface area contributed by atoms with Crippen molar-refractivity contribution in [3.05, 3.63) is 75.7 Å². The van der Waals surface area contributed by atoms with Crippen LogP contribution >= 0.6 is 11.3 Å². The smallest absolute Gasteiger partial charge is 0.230 e. The summed E-state index contributed by atoms with van der Waals surface area (Å²) in [6, 6.07) is 10.2. The molecule has 4 rings (SSSR count). The molecule has 1 amide bonds. The maximum Gasteiger partial charge on any atom is 0.230 e. The van der Waals surface area contributed by atoms with Crippen LogP contribution in [-0.4, -0.2) is 15.9 Å². The van der Waals surface area contributed by atoms with E-state index in [2.05, 4.69) is 15.3 Å². The van der Waals surface area contributed by atoms with Gasteiger partial charge in [0.05, 0.1) is 11.8 Å². The van der Waals surface area contributed by atoms with E-state index in [9.17, 15) is 9.59 Å². The van der Waals surface area contributed by atoms with Crippen molar-refractivity contribution in [2.24, 2.45) is 0 Å². The van der Waals surface area contributed by atoms with E-state index in [0.717, 1.165) is 10.4 Å². The lowest BCUT2D eigenvalue weighted by Crippen LogP contribution is -2.15. The molecule has 0 fully saturated rings. The molecule has 1 aromatic carbocycles. The number of thiazole rings is 1. The van der Waals surface area contributed by atoms with Crippen molar-refractivity contribution >= 4 is 33.3 Å². The summed E-state index contributed by atoms with van der Waals surface area (Å²) in [7, 11) is 0. The second-order valence-electron chi connectivity index (χ2n) is 6.01. The van der Waals surface area contributed by atoms with Gasteiger partial charge in [-0.25, -0.2) is 4.98 Å². The summed E-state index contributed by atoms with van der Waals surface area (Å²) >= 11 is 1.41. The Bertz CT molecular complexity index is 1180. The van der Waals surface area contributed by atoms with Crippen LogP contribution in [0.15, 0.2) is 64.2 Å². The average molecular weight is 377 g/mol. The Kier molecular flexibility index (Phi) is 4.52. The molecule has 0 aliphatic rings. The average Bonchev–Trinajstić information content (AvgIpc) is 3.07. The predicted molar refractivity (Wildman–Crippen MR) is 105 cm³/mol. The Morgan fingerprint density at radius 2 is 2.04 bits per heavy atom. The number of aryl methyl sites for hydroxylation is 1. The van der Waals surface area contributed by atoms with Gasteiger partial charge in [0.15, 0.2) is 10.6 Å². The lowest BCUT2D eigenvalue weighted by molar-refractivity contribution is -0.115. The number of fused-ring (bicyclic) bond motifs is 1. The number of amides is 1. The van der Waals surface area contributed by atoms with Crippen molar-refractivity contribution < 1.29 is 9.21 Å². The Hall–Kier alpha value is -3.32. The van der Waals surface area contributed by atoms with Gasteiger partial charge in [-0.05, 0) is 25.1 Å². The summed E-state index contributed by atoms with van der Waals surface area (Å²) in [6.45, 7) is 1.92. The highest BCUT2D eigenvalue weighted by molar-refractivity contribution is 7.15. The van der Waals surface area contributed by atoms with E-state index in [0.29, 0.717) is 27.4 Å². The van der Waals surface area contributed by atoms with Crippen LogP contribution < -0.4 is 10.7 Å². The molecule has 0 aliphatic carbocycles. The molecule has 0 radical (unpaired) electrons. The quantitative estimate of drug-likeness (QED) is 0.585. The van der Waals surface area contributed by atoms with E-state index >= 15 is 0 Å². The van der Waals surface area contributed by atoms with Crippen LogP contribution in [0.3, 0.4) is 0 Å². The fraction of sp³-hybridized carbons (Fsp3) is 0.100. The highest BCUT2D eigenvalue weighted by Crippen LogP contribution is 2.24. The number of anilines is 1. The number of nitrogens with zero attached hydrogens (tertiary/aromatic N) is 2. The molecule has 6 nitrogen and oxygen atoms in total. The molecule has 3 aromatic heterocycles. The first-order valence-electron chi connectivity index (χ1n) is 8.28. The summed E-state index contributed by atoms with van der Waals surface area (Å²) in [5.41, 5.74) is 1.66. The number of rotatable bonds is 4. The summed E-state index contributed by atoms with van der Waals surface area (Å²) in [5, 5.41) is 3.78. The number of carbonyl (C=O) groups is 1. The standard InChI is InChI=1S/C20H15N3O3S/c1-12-11-22-20(27-12)23-18(25)9-14-3-2-4-15-16(24)10-17(26-19(14)15)13-5-7-21-8-6-13/h2-8,10-11H,9H2,1H3,(H,22,23,25). The Balaban J connectivity index is 1.71. The molecule has 0 atom stereocenters. The van der Waals surface area contributed by atoms with Gasteiger partial charge in [0.25, 0.3) is 0 Å². The van der Waals surface area contributed by atoms with E-state index in [1.165, 1.54) is 17.4 Å². The number of para-hydroxylation sites is 1. The third kappa shape index (κ3) is 3.63. The zero-order chi connectivity index (χ0) is 18.8. The minimum absolute atomic E-state index is 0.0820. The fourth-order valence-corrected chi connectivity index (χ4v) is 3.46. The van der Waals surface area contributed by atoms with Gasteiger partial charge in [0, 0.05) is 40.7 Å². The van der Waals surface area contributed by atoms with Gasteiger partial charge in [-0.1, -0.05) is 12.1 Å². The van der Waals surface area contributed by atoms with Gasteiger partial charge < -0.3 is 9.73 Å². The molecule has 0 aliphatic heterocycles. The normalized spacial score (nSPS) is 10.9. The molecule has 1 N–H and O–H groups in total. The first-order valence-corrected chi connectivity index (χ1v) is 9.10. The number of benzene rings is 1. The van der Waals surface area contributed by atoms with E-state index < -0.39 is 0 Å². The van der Waals surface area contributed by atoms with Crippen LogP contribution in [-0.2, 0) is 11.2 Å².